The summed E-state index contributed by atoms with van der Waals surface area (Å²) >= 11 is 6.29. The fourth-order valence-electron chi connectivity index (χ4n) is 3.74. The summed E-state index contributed by atoms with van der Waals surface area (Å²) in [6, 6.07) is 13.3. The summed E-state index contributed by atoms with van der Waals surface area (Å²) in [5.41, 5.74) is 0.787. The van der Waals surface area contributed by atoms with E-state index >= 15 is 0 Å². The maximum Gasteiger partial charge on any atom is 0.251 e. The van der Waals surface area contributed by atoms with Crippen molar-refractivity contribution in [3.05, 3.63) is 88.6 Å². The highest BCUT2D eigenvalue weighted by Crippen LogP contribution is 2.27. The van der Waals surface area contributed by atoms with Crippen LogP contribution in [0.4, 0.5) is 20.3 Å². The number of halogens is 3. The number of hydrogen-bond donors (Lipinski definition) is 1. The number of nitriles is 1. The Kier molecular flexibility index (Phi) is 6.82. The van der Waals surface area contributed by atoms with Crippen LogP contribution in [0.3, 0.4) is 0 Å². The number of carbonyl (C=O) groups is 2. The lowest BCUT2D eigenvalue weighted by atomic mass is 10.1. The zero-order chi connectivity index (χ0) is 24.2. The predicted octanol–water partition coefficient (Wildman–Crippen LogP) is 3.42. The normalized spacial score (nSPS) is 15.6. The summed E-state index contributed by atoms with van der Waals surface area (Å²) in [5.74, 6) is -2.62. The fraction of sp³-hybridized carbons (Fsp3) is 0.167. The second-order valence-corrected chi connectivity index (χ2v) is 7.98. The van der Waals surface area contributed by atoms with E-state index in [9.17, 15) is 23.6 Å². The van der Waals surface area contributed by atoms with Crippen molar-refractivity contribution in [1.82, 2.24) is 10.3 Å². The lowest BCUT2D eigenvalue weighted by Gasteiger charge is -2.37. The molecule has 2 aromatic carbocycles. The van der Waals surface area contributed by atoms with Crippen LogP contribution in [0, 0.1) is 23.0 Å². The number of nitrogens with zero attached hydrogens (tertiary/aromatic N) is 4. The minimum atomic E-state index is -1.09. The summed E-state index contributed by atoms with van der Waals surface area (Å²) in [6.07, 6.45) is 1.37. The molecule has 1 fully saturated rings. The van der Waals surface area contributed by atoms with Crippen LogP contribution in [-0.4, -0.2) is 35.9 Å². The number of hydrogen-bond acceptors (Lipinski definition) is 5. The van der Waals surface area contributed by atoms with Gasteiger partial charge in [-0.25, -0.2) is 13.8 Å². The van der Waals surface area contributed by atoms with Gasteiger partial charge in [-0.05, 0) is 35.9 Å². The second kappa shape index (κ2) is 9.95. The molecule has 0 saturated carbocycles. The highest BCUT2D eigenvalue weighted by Gasteiger charge is 2.38. The van der Waals surface area contributed by atoms with Crippen LogP contribution in [-0.2, 0) is 16.1 Å². The van der Waals surface area contributed by atoms with Crippen molar-refractivity contribution in [2.24, 2.45) is 0 Å². The molecular weight excluding hydrogens is 464 g/mol. The monoisotopic (exact) mass is 481 g/mol. The Morgan fingerprint density at radius 3 is 2.65 bits per heavy atom. The molecular formula is C24H18ClF2N5O2. The lowest BCUT2D eigenvalue weighted by Crippen LogP contribution is -2.61. The fourth-order valence-corrected chi connectivity index (χ4v) is 3.93. The van der Waals surface area contributed by atoms with Gasteiger partial charge in [0.1, 0.15) is 23.5 Å². The number of aromatic nitrogens is 1. The van der Waals surface area contributed by atoms with E-state index in [2.05, 4.69) is 10.3 Å². The topological polar surface area (TPSA) is 89.3 Å². The van der Waals surface area contributed by atoms with Crippen molar-refractivity contribution in [3.8, 4) is 6.07 Å². The van der Waals surface area contributed by atoms with Crippen molar-refractivity contribution in [2.45, 2.75) is 12.6 Å². The molecule has 0 bridgehead atoms. The van der Waals surface area contributed by atoms with Gasteiger partial charge in [-0.2, -0.15) is 5.26 Å². The van der Waals surface area contributed by atoms with Crippen molar-refractivity contribution in [2.75, 3.05) is 22.9 Å². The third-order valence-electron chi connectivity index (χ3n) is 5.31. The average Bonchev–Trinajstić information content (AvgIpc) is 2.82. The van der Waals surface area contributed by atoms with Gasteiger partial charge in [0.05, 0.1) is 24.7 Å². The number of rotatable bonds is 5. The Morgan fingerprint density at radius 2 is 1.94 bits per heavy atom. The first-order chi connectivity index (χ1) is 16.4. The van der Waals surface area contributed by atoms with Crippen LogP contribution in [0.25, 0.3) is 0 Å². The van der Waals surface area contributed by atoms with Gasteiger partial charge in [0.25, 0.3) is 5.91 Å². The van der Waals surface area contributed by atoms with E-state index in [1.807, 2.05) is 6.07 Å². The molecule has 1 aliphatic rings. The maximum atomic E-state index is 14.1. The Bertz CT molecular complexity index is 1280. The smallest absolute Gasteiger partial charge is 0.251 e. The molecule has 0 spiro atoms. The van der Waals surface area contributed by atoms with Crippen molar-refractivity contribution in [3.63, 3.8) is 0 Å². The van der Waals surface area contributed by atoms with E-state index in [1.54, 1.807) is 24.3 Å². The molecule has 3 aromatic rings. The first-order valence-electron chi connectivity index (χ1n) is 10.3. The van der Waals surface area contributed by atoms with Gasteiger partial charge in [-0.1, -0.05) is 29.8 Å². The number of piperazine rings is 1. The molecule has 2 heterocycles. The highest BCUT2D eigenvalue weighted by atomic mass is 35.5. The summed E-state index contributed by atoms with van der Waals surface area (Å²) in [6.45, 7) is -0.0627. The number of pyridine rings is 1. The molecule has 1 N–H and O–H groups in total. The van der Waals surface area contributed by atoms with Crippen LogP contribution < -0.4 is 15.1 Å². The van der Waals surface area contributed by atoms with Crippen LogP contribution in [0.15, 0.2) is 60.8 Å². The molecule has 1 saturated heterocycles. The van der Waals surface area contributed by atoms with Crippen molar-refractivity contribution >= 4 is 34.9 Å². The lowest BCUT2D eigenvalue weighted by molar-refractivity contribution is -0.126. The van der Waals surface area contributed by atoms with Gasteiger partial charge in [0, 0.05) is 29.5 Å². The second-order valence-electron chi connectivity index (χ2n) is 7.57. The number of carbonyl (C=O) groups excluding carboxylic acids is 2. The molecule has 1 aromatic heterocycles. The number of amides is 2. The molecule has 34 heavy (non-hydrogen) atoms. The number of anilines is 2. The minimum absolute atomic E-state index is 0.0286. The summed E-state index contributed by atoms with van der Waals surface area (Å²) in [7, 11) is 0. The van der Waals surface area contributed by atoms with Gasteiger partial charge in [0.2, 0.25) is 5.91 Å². The van der Waals surface area contributed by atoms with E-state index in [4.69, 9.17) is 11.6 Å². The van der Waals surface area contributed by atoms with E-state index in [1.165, 1.54) is 28.1 Å². The summed E-state index contributed by atoms with van der Waals surface area (Å²) in [5, 5.41) is 12.5. The van der Waals surface area contributed by atoms with E-state index in [-0.39, 0.29) is 36.7 Å². The molecule has 2 amide bonds. The van der Waals surface area contributed by atoms with E-state index < -0.39 is 29.5 Å². The molecule has 0 radical (unpaired) electrons. The van der Waals surface area contributed by atoms with Crippen LogP contribution in [0.2, 0.25) is 5.02 Å². The Labute approximate surface area is 199 Å². The first-order valence-corrected chi connectivity index (χ1v) is 10.6. The van der Waals surface area contributed by atoms with Crippen LogP contribution in [0.1, 0.15) is 11.1 Å². The third kappa shape index (κ3) is 4.88. The Morgan fingerprint density at radius 1 is 1.21 bits per heavy atom. The Balaban J connectivity index is 1.77. The van der Waals surface area contributed by atoms with E-state index in [0.717, 1.165) is 12.1 Å². The third-order valence-corrected chi connectivity index (χ3v) is 5.68. The SMILES string of the molecule is N#Cc1ccnc(N2C(=O)CNC[C@H]2C(=O)N(Cc2ccccc2Cl)c2cc(F)cc(F)c2)c1. The Hall–Kier alpha value is -3.87. The molecule has 7 nitrogen and oxygen atoms in total. The predicted molar refractivity (Wildman–Crippen MR) is 122 cm³/mol. The van der Waals surface area contributed by atoms with Gasteiger partial charge in [-0.3, -0.25) is 14.5 Å². The highest BCUT2D eigenvalue weighted by molar-refractivity contribution is 6.31. The maximum absolute atomic E-state index is 14.1. The van der Waals surface area contributed by atoms with Gasteiger partial charge >= 0.3 is 0 Å². The zero-order valence-electron chi connectivity index (χ0n) is 17.7. The standard InChI is InChI=1S/C24H18ClF2N5O2/c25-20-4-2-1-3-16(20)14-31(19-9-17(26)8-18(27)10-19)24(34)21-12-29-13-23(33)32(21)22-7-15(11-28)5-6-30-22/h1-10,21,29H,12-14H2/t21-/m0/s1. The average molecular weight is 482 g/mol. The quantitative estimate of drug-likeness (QED) is 0.603. The van der Waals surface area contributed by atoms with Crippen molar-refractivity contribution in [1.29, 1.82) is 5.26 Å². The van der Waals surface area contributed by atoms with Crippen LogP contribution >= 0.6 is 11.6 Å². The molecule has 1 atom stereocenters. The van der Waals surface area contributed by atoms with Gasteiger partial charge in [0.15, 0.2) is 0 Å². The molecule has 4 rings (SSSR count). The molecule has 1 aliphatic heterocycles. The van der Waals surface area contributed by atoms with Crippen molar-refractivity contribution < 1.29 is 18.4 Å². The van der Waals surface area contributed by atoms with Crippen LogP contribution in [0.5, 0.6) is 0 Å². The molecule has 0 aliphatic carbocycles. The minimum Gasteiger partial charge on any atom is -0.306 e. The number of nitrogens with one attached hydrogen (secondary N) is 1. The molecule has 172 valence electrons. The van der Waals surface area contributed by atoms with Gasteiger partial charge in [-0.15, -0.1) is 0 Å². The molecule has 0 unspecified atom stereocenters. The first kappa shape index (κ1) is 23.3. The number of benzene rings is 2. The largest absolute Gasteiger partial charge is 0.306 e. The summed E-state index contributed by atoms with van der Waals surface area (Å²) < 4.78 is 28.2. The van der Waals surface area contributed by atoms with E-state index in [0.29, 0.717) is 16.7 Å². The summed E-state index contributed by atoms with van der Waals surface area (Å²) in [4.78, 5) is 33.2. The zero-order valence-corrected chi connectivity index (χ0v) is 18.5. The van der Waals surface area contributed by atoms with Gasteiger partial charge < -0.3 is 10.2 Å². The molecule has 10 heteroatoms.